The molecular formula is C19H26ClN3O3. The average Bonchev–Trinajstić information content (AvgIpc) is 3.15. The average molecular weight is 380 g/mol. The third kappa shape index (κ3) is 3.82. The van der Waals surface area contributed by atoms with Crippen molar-refractivity contribution in [3.8, 4) is 11.5 Å². The molecule has 0 aliphatic carbocycles. The third-order valence-corrected chi connectivity index (χ3v) is 5.20. The Balaban J connectivity index is 1.75. The van der Waals surface area contributed by atoms with E-state index in [9.17, 15) is 0 Å². The SMILES string of the molecule is CCn1ccnc1[C@H]1OCCC[C@@H]1NCc1ccc(OC)c(OC)c1Cl. The molecule has 2 atom stereocenters. The number of imidazole rings is 1. The Kier molecular flexibility index (Phi) is 6.40. The summed E-state index contributed by atoms with van der Waals surface area (Å²) >= 11 is 6.50. The van der Waals surface area contributed by atoms with E-state index in [0.29, 0.717) is 23.1 Å². The number of aryl methyl sites for hydroxylation is 1. The van der Waals surface area contributed by atoms with E-state index in [2.05, 4.69) is 21.8 Å². The second-order valence-corrected chi connectivity index (χ2v) is 6.64. The number of nitrogens with one attached hydrogen (secondary N) is 1. The van der Waals surface area contributed by atoms with Crippen LogP contribution in [0.25, 0.3) is 0 Å². The van der Waals surface area contributed by atoms with Crippen molar-refractivity contribution >= 4 is 11.6 Å². The fourth-order valence-electron chi connectivity index (χ4n) is 3.40. The number of hydrogen-bond acceptors (Lipinski definition) is 5. The molecule has 1 aliphatic rings. The highest BCUT2D eigenvalue weighted by Gasteiger charge is 2.30. The fraction of sp³-hybridized carbons (Fsp3) is 0.526. The number of methoxy groups -OCH3 is 2. The van der Waals surface area contributed by atoms with Crippen molar-refractivity contribution in [1.82, 2.24) is 14.9 Å². The van der Waals surface area contributed by atoms with E-state index in [1.165, 1.54) is 0 Å². The van der Waals surface area contributed by atoms with Crippen molar-refractivity contribution in [2.45, 2.75) is 45.0 Å². The summed E-state index contributed by atoms with van der Waals surface area (Å²) in [4.78, 5) is 4.52. The molecule has 142 valence electrons. The predicted molar refractivity (Wildman–Crippen MR) is 101 cm³/mol. The number of ether oxygens (including phenoxy) is 3. The molecule has 0 saturated carbocycles. The van der Waals surface area contributed by atoms with Crippen LogP contribution in [0.15, 0.2) is 24.5 Å². The van der Waals surface area contributed by atoms with Crippen molar-refractivity contribution < 1.29 is 14.2 Å². The van der Waals surface area contributed by atoms with E-state index >= 15 is 0 Å². The molecule has 26 heavy (non-hydrogen) atoms. The van der Waals surface area contributed by atoms with Crippen LogP contribution in [0.1, 0.15) is 37.3 Å². The highest BCUT2D eigenvalue weighted by atomic mass is 35.5. The van der Waals surface area contributed by atoms with Gasteiger partial charge in [0.15, 0.2) is 11.5 Å². The van der Waals surface area contributed by atoms with Crippen molar-refractivity contribution in [1.29, 1.82) is 0 Å². The minimum absolute atomic E-state index is 0.0578. The van der Waals surface area contributed by atoms with E-state index in [1.54, 1.807) is 14.2 Å². The summed E-state index contributed by atoms with van der Waals surface area (Å²) in [6.07, 6.45) is 5.83. The first-order valence-electron chi connectivity index (χ1n) is 8.95. The molecule has 0 amide bonds. The molecule has 3 rings (SSSR count). The summed E-state index contributed by atoms with van der Waals surface area (Å²) in [5.41, 5.74) is 0.965. The first kappa shape index (κ1) is 19.0. The van der Waals surface area contributed by atoms with Crippen molar-refractivity contribution in [3.05, 3.63) is 40.9 Å². The van der Waals surface area contributed by atoms with Gasteiger partial charge in [0.05, 0.1) is 19.2 Å². The van der Waals surface area contributed by atoms with Crippen LogP contribution in [0.4, 0.5) is 0 Å². The molecule has 1 aromatic heterocycles. The van der Waals surface area contributed by atoms with E-state index in [1.807, 2.05) is 24.5 Å². The fourth-order valence-corrected chi connectivity index (χ4v) is 3.70. The molecule has 1 saturated heterocycles. The lowest BCUT2D eigenvalue weighted by atomic mass is 10.0. The molecule has 1 fully saturated rings. The summed E-state index contributed by atoms with van der Waals surface area (Å²) in [6.45, 7) is 4.37. The van der Waals surface area contributed by atoms with Crippen LogP contribution in [0.2, 0.25) is 5.02 Å². The Hall–Kier alpha value is -1.76. The predicted octanol–water partition coefficient (Wildman–Crippen LogP) is 3.58. The second-order valence-electron chi connectivity index (χ2n) is 6.27. The highest BCUT2D eigenvalue weighted by Crippen LogP contribution is 2.37. The summed E-state index contributed by atoms with van der Waals surface area (Å²) in [7, 11) is 3.20. The maximum atomic E-state index is 6.50. The maximum absolute atomic E-state index is 6.50. The first-order valence-corrected chi connectivity index (χ1v) is 9.32. The number of halogens is 1. The number of benzene rings is 1. The van der Waals surface area contributed by atoms with Gasteiger partial charge in [0.25, 0.3) is 0 Å². The van der Waals surface area contributed by atoms with Gasteiger partial charge in [-0.2, -0.15) is 0 Å². The Labute approximate surface area is 159 Å². The molecule has 1 aliphatic heterocycles. The Morgan fingerprint density at radius 2 is 2.19 bits per heavy atom. The van der Waals surface area contributed by atoms with Gasteiger partial charge in [0.1, 0.15) is 11.9 Å². The van der Waals surface area contributed by atoms with Crippen molar-refractivity contribution in [2.24, 2.45) is 0 Å². The molecule has 2 heterocycles. The van der Waals surface area contributed by atoms with Crippen LogP contribution in [0, 0.1) is 0 Å². The molecule has 1 aromatic carbocycles. The van der Waals surface area contributed by atoms with E-state index in [4.69, 9.17) is 25.8 Å². The summed E-state index contributed by atoms with van der Waals surface area (Å²) in [5, 5.41) is 4.17. The monoisotopic (exact) mass is 379 g/mol. The van der Waals surface area contributed by atoms with Crippen molar-refractivity contribution in [2.75, 3.05) is 20.8 Å². The van der Waals surface area contributed by atoms with Gasteiger partial charge in [-0.25, -0.2) is 4.98 Å². The normalized spacial score (nSPS) is 20.2. The van der Waals surface area contributed by atoms with Crippen LogP contribution < -0.4 is 14.8 Å². The van der Waals surface area contributed by atoms with Crippen LogP contribution in [-0.4, -0.2) is 36.4 Å². The third-order valence-electron chi connectivity index (χ3n) is 4.78. The van der Waals surface area contributed by atoms with E-state index in [0.717, 1.165) is 37.4 Å². The maximum Gasteiger partial charge on any atom is 0.179 e. The lowest BCUT2D eigenvalue weighted by molar-refractivity contribution is -0.0182. The van der Waals surface area contributed by atoms with E-state index < -0.39 is 0 Å². The van der Waals surface area contributed by atoms with Gasteiger partial charge in [-0.05, 0) is 31.4 Å². The van der Waals surface area contributed by atoms with Gasteiger partial charge in [0.2, 0.25) is 0 Å². The van der Waals surface area contributed by atoms with Gasteiger partial charge >= 0.3 is 0 Å². The second kappa shape index (κ2) is 8.75. The minimum Gasteiger partial charge on any atom is -0.493 e. The van der Waals surface area contributed by atoms with Crippen LogP contribution in [0.5, 0.6) is 11.5 Å². The number of aromatic nitrogens is 2. The van der Waals surface area contributed by atoms with Gasteiger partial charge in [-0.3, -0.25) is 0 Å². The number of hydrogen-bond donors (Lipinski definition) is 1. The summed E-state index contributed by atoms with van der Waals surface area (Å²) < 4.78 is 18.9. The standard InChI is InChI=1S/C19H26ClN3O3/c1-4-23-10-9-21-19(23)17-14(6-5-11-26-17)22-12-13-7-8-15(24-2)18(25-3)16(13)20/h7-10,14,17,22H,4-6,11-12H2,1-3H3/t14-,17-/m0/s1. The topological polar surface area (TPSA) is 57.5 Å². The summed E-state index contributed by atoms with van der Waals surface area (Å²) in [6, 6.07) is 4.02. The molecule has 0 spiro atoms. The lowest BCUT2D eigenvalue weighted by Gasteiger charge is -2.32. The molecule has 0 unspecified atom stereocenters. The Morgan fingerprint density at radius 1 is 1.35 bits per heavy atom. The smallest absolute Gasteiger partial charge is 0.179 e. The quantitative estimate of drug-likeness (QED) is 0.796. The first-order chi connectivity index (χ1) is 12.7. The molecule has 6 nitrogen and oxygen atoms in total. The zero-order chi connectivity index (χ0) is 18.5. The molecule has 1 N–H and O–H groups in total. The molecule has 0 radical (unpaired) electrons. The number of nitrogens with zero attached hydrogens (tertiary/aromatic N) is 2. The largest absolute Gasteiger partial charge is 0.493 e. The molecular weight excluding hydrogens is 354 g/mol. The minimum atomic E-state index is -0.0578. The molecule has 2 aromatic rings. The summed E-state index contributed by atoms with van der Waals surface area (Å²) in [5.74, 6) is 2.17. The van der Waals surface area contributed by atoms with Crippen LogP contribution >= 0.6 is 11.6 Å². The molecule has 7 heteroatoms. The van der Waals surface area contributed by atoms with Gasteiger partial charge in [-0.15, -0.1) is 0 Å². The van der Waals surface area contributed by atoms with Crippen LogP contribution in [0.3, 0.4) is 0 Å². The zero-order valence-corrected chi connectivity index (χ0v) is 16.3. The Morgan fingerprint density at radius 3 is 2.92 bits per heavy atom. The van der Waals surface area contributed by atoms with E-state index in [-0.39, 0.29) is 12.1 Å². The van der Waals surface area contributed by atoms with Crippen LogP contribution in [-0.2, 0) is 17.8 Å². The Bertz CT molecular complexity index is 735. The highest BCUT2D eigenvalue weighted by molar-refractivity contribution is 6.33. The number of rotatable bonds is 7. The van der Waals surface area contributed by atoms with Gasteiger partial charge in [0, 0.05) is 38.1 Å². The van der Waals surface area contributed by atoms with Crippen molar-refractivity contribution in [3.63, 3.8) is 0 Å². The zero-order valence-electron chi connectivity index (χ0n) is 15.5. The lowest BCUT2D eigenvalue weighted by Crippen LogP contribution is -2.40. The van der Waals surface area contributed by atoms with Gasteiger partial charge in [-0.1, -0.05) is 17.7 Å². The van der Waals surface area contributed by atoms with Gasteiger partial charge < -0.3 is 24.1 Å². The molecule has 0 bridgehead atoms.